The molecule has 1 aromatic heterocycles. The Morgan fingerprint density at radius 3 is 2.76 bits per heavy atom. The number of aromatic nitrogens is 1. The molecule has 3 rings (SSSR count). The molecule has 2 aromatic rings. The van der Waals surface area contributed by atoms with E-state index in [0.29, 0.717) is 0 Å². The highest BCUT2D eigenvalue weighted by atomic mass is 16.5. The zero-order valence-corrected chi connectivity index (χ0v) is 12.6. The molecule has 3 nitrogen and oxygen atoms in total. The van der Waals surface area contributed by atoms with Crippen molar-refractivity contribution in [3.63, 3.8) is 0 Å². The third-order valence-electron chi connectivity index (χ3n) is 3.85. The van der Waals surface area contributed by atoms with Gasteiger partial charge in [0.15, 0.2) is 0 Å². The summed E-state index contributed by atoms with van der Waals surface area (Å²) >= 11 is 0. The van der Waals surface area contributed by atoms with Gasteiger partial charge in [-0.15, -0.1) is 0 Å². The van der Waals surface area contributed by atoms with Crippen LogP contribution in [0.25, 0.3) is 0 Å². The third kappa shape index (κ3) is 3.54. The molecule has 1 aliphatic carbocycles. The van der Waals surface area contributed by atoms with Crippen LogP contribution in [0.1, 0.15) is 37.3 Å². The Bertz CT molecular complexity index is 610. The summed E-state index contributed by atoms with van der Waals surface area (Å²) in [6.45, 7) is 3.10. The molecule has 0 atom stereocenters. The Balaban J connectivity index is 1.74. The molecule has 1 N–H and O–H groups in total. The van der Waals surface area contributed by atoms with Gasteiger partial charge in [-0.25, -0.2) is 0 Å². The normalized spacial score (nSPS) is 13.6. The maximum atomic E-state index is 5.96. The van der Waals surface area contributed by atoms with E-state index in [-0.39, 0.29) is 0 Å². The molecular formula is C18H22N2O. The molecular weight excluding hydrogens is 260 g/mol. The van der Waals surface area contributed by atoms with E-state index < -0.39 is 0 Å². The first-order valence-corrected chi connectivity index (χ1v) is 7.84. The Morgan fingerprint density at radius 2 is 1.90 bits per heavy atom. The highest BCUT2D eigenvalue weighted by Gasteiger charge is 2.10. The molecule has 110 valence electrons. The van der Waals surface area contributed by atoms with Crippen molar-refractivity contribution in [1.29, 1.82) is 0 Å². The van der Waals surface area contributed by atoms with Gasteiger partial charge < -0.3 is 10.1 Å². The summed E-state index contributed by atoms with van der Waals surface area (Å²) in [6.07, 6.45) is 9.65. The van der Waals surface area contributed by atoms with Crippen molar-refractivity contribution in [2.45, 2.75) is 39.0 Å². The zero-order chi connectivity index (χ0) is 14.5. The number of anilines is 1. The fourth-order valence-electron chi connectivity index (χ4n) is 2.75. The average molecular weight is 282 g/mol. The lowest BCUT2D eigenvalue weighted by Gasteiger charge is -2.16. The largest absolute Gasteiger partial charge is 0.456 e. The Hall–Kier alpha value is -2.03. The first-order valence-electron chi connectivity index (χ1n) is 7.84. The van der Waals surface area contributed by atoms with Gasteiger partial charge in [0.1, 0.15) is 11.5 Å². The van der Waals surface area contributed by atoms with Crippen molar-refractivity contribution in [2.75, 3.05) is 11.9 Å². The van der Waals surface area contributed by atoms with Crippen LogP contribution in [0.2, 0.25) is 0 Å². The molecule has 0 saturated heterocycles. The van der Waals surface area contributed by atoms with Crippen molar-refractivity contribution in [1.82, 2.24) is 4.98 Å². The molecule has 0 spiro atoms. The van der Waals surface area contributed by atoms with E-state index >= 15 is 0 Å². The number of nitrogens with zero attached hydrogens (tertiary/aromatic N) is 1. The number of aryl methyl sites for hydroxylation is 2. The van der Waals surface area contributed by atoms with Crippen molar-refractivity contribution in [2.24, 2.45) is 0 Å². The summed E-state index contributed by atoms with van der Waals surface area (Å²) in [7, 11) is 0. The zero-order valence-electron chi connectivity index (χ0n) is 12.6. The van der Waals surface area contributed by atoms with E-state index in [9.17, 15) is 0 Å². The first kappa shape index (κ1) is 13.9. The van der Waals surface area contributed by atoms with Gasteiger partial charge in [0, 0.05) is 12.6 Å². The lowest BCUT2D eigenvalue weighted by atomic mass is 9.92. The molecule has 21 heavy (non-hydrogen) atoms. The average Bonchev–Trinajstić information content (AvgIpc) is 2.53. The van der Waals surface area contributed by atoms with E-state index in [1.165, 1.54) is 36.8 Å². The van der Waals surface area contributed by atoms with Gasteiger partial charge in [0.2, 0.25) is 0 Å². The third-order valence-corrected chi connectivity index (χ3v) is 3.85. The molecule has 3 heteroatoms. The van der Waals surface area contributed by atoms with Crippen LogP contribution < -0.4 is 10.1 Å². The first-order chi connectivity index (χ1) is 10.3. The lowest BCUT2D eigenvalue weighted by molar-refractivity contribution is 0.478. The van der Waals surface area contributed by atoms with Gasteiger partial charge in [-0.2, -0.15) is 0 Å². The van der Waals surface area contributed by atoms with Crippen molar-refractivity contribution in [3.05, 3.63) is 47.8 Å². The van der Waals surface area contributed by atoms with Gasteiger partial charge >= 0.3 is 0 Å². The maximum Gasteiger partial charge on any atom is 0.147 e. The number of nitrogens with one attached hydrogen (secondary N) is 1. The molecule has 0 unspecified atom stereocenters. The number of hydrogen-bond acceptors (Lipinski definition) is 3. The fraction of sp³-hybridized carbons (Fsp3) is 0.389. The summed E-state index contributed by atoms with van der Waals surface area (Å²) in [6, 6.07) is 8.45. The number of pyridine rings is 1. The molecule has 0 amide bonds. The predicted molar refractivity (Wildman–Crippen MR) is 86.2 cm³/mol. The monoisotopic (exact) mass is 282 g/mol. The Labute approximate surface area is 126 Å². The minimum atomic E-state index is 0.784. The van der Waals surface area contributed by atoms with Gasteiger partial charge in [-0.05, 0) is 55.4 Å². The molecule has 0 radical (unpaired) electrons. The highest BCUT2D eigenvalue weighted by Crippen LogP contribution is 2.28. The van der Waals surface area contributed by atoms with Crippen LogP contribution in [0, 0.1) is 0 Å². The standard InChI is InChI=1S/C18H22N2O/c1-2-9-20-16-11-18(13-19-12-16)21-17-8-7-14-5-3-4-6-15(14)10-17/h7-8,10-13,20H,2-6,9H2,1H3. The second-order valence-electron chi connectivity index (χ2n) is 5.58. The molecule has 1 aromatic carbocycles. The quantitative estimate of drug-likeness (QED) is 0.872. The number of fused-ring (bicyclic) bond motifs is 1. The van der Waals surface area contributed by atoms with Crippen molar-refractivity contribution >= 4 is 5.69 Å². The Kier molecular flexibility index (Phi) is 4.39. The van der Waals surface area contributed by atoms with E-state index in [0.717, 1.165) is 30.2 Å². The van der Waals surface area contributed by atoms with Crippen molar-refractivity contribution < 1.29 is 4.74 Å². The van der Waals surface area contributed by atoms with Gasteiger partial charge in [0.25, 0.3) is 0 Å². The van der Waals surface area contributed by atoms with Crippen molar-refractivity contribution in [3.8, 4) is 11.5 Å². The van der Waals surface area contributed by atoms with E-state index in [4.69, 9.17) is 4.74 Å². The molecule has 0 fully saturated rings. The molecule has 1 heterocycles. The second-order valence-corrected chi connectivity index (χ2v) is 5.58. The van der Waals surface area contributed by atoms with Gasteiger partial charge in [-0.3, -0.25) is 4.98 Å². The second kappa shape index (κ2) is 6.61. The number of hydrogen-bond donors (Lipinski definition) is 1. The summed E-state index contributed by atoms with van der Waals surface area (Å²) in [5, 5.41) is 3.33. The number of rotatable bonds is 5. The van der Waals surface area contributed by atoms with E-state index in [1.54, 1.807) is 6.20 Å². The van der Waals surface area contributed by atoms with Crippen LogP contribution in [0.4, 0.5) is 5.69 Å². The molecule has 0 saturated carbocycles. The summed E-state index contributed by atoms with van der Waals surface area (Å²) in [4.78, 5) is 4.23. The maximum absolute atomic E-state index is 5.96. The van der Waals surface area contributed by atoms with Crippen LogP contribution in [0.15, 0.2) is 36.7 Å². The number of ether oxygens (including phenoxy) is 1. The van der Waals surface area contributed by atoms with Crippen LogP contribution >= 0.6 is 0 Å². The van der Waals surface area contributed by atoms with Crippen LogP contribution in [0.3, 0.4) is 0 Å². The lowest BCUT2D eigenvalue weighted by Crippen LogP contribution is -2.02. The summed E-state index contributed by atoms with van der Waals surface area (Å²) in [5.74, 6) is 1.69. The minimum Gasteiger partial charge on any atom is -0.456 e. The van der Waals surface area contributed by atoms with Crippen LogP contribution in [0.5, 0.6) is 11.5 Å². The Morgan fingerprint density at radius 1 is 1.05 bits per heavy atom. The smallest absolute Gasteiger partial charge is 0.147 e. The van der Waals surface area contributed by atoms with Crippen LogP contribution in [-0.4, -0.2) is 11.5 Å². The summed E-state index contributed by atoms with van der Waals surface area (Å²) < 4.78 is 5.96. The molecule has 0 aliphatic heterocycles. The van der Waals surface area contributed by atoms with Gasteiger partial charge in [-0.1, -0.05) is 13.0 Å². The topological polar surface area (TPSA) is 34.2 Å². The molecule has 0 bridgehead atoms. The fourth-order valence-corrected chi connectivity index (χ4v) is 2.75. The SMILES string of the molecule is CCCNc1cncc(Oc2ccc3c(c2)CCCC3)c1. The number of benzene rings is 1. The van der Waals surface area contributed by atoms with E-state index in [1.807, 2.05) is 12.3 Å². The minimum absolute atomic E-state index is 0.784. The summed E-state index contributed by atoms with van der Waals surface area (Å²) in [5.41, 5.74) is 3.92. The van der Waals surface area contributed by atoms with E-state index in [2.05, 4.69) is 35.4 Å². The van der Waals surface area contributed by atoms with Gasteiger partial charge in [0.05, 0.1) is 18.1 Å². The molecule has 1 aliphatic rings. The highest BCUT2D eigenvalue weighted by molar-refractivity contribution is 5.47. The van der Waals surface area contributed by atoms with Crippen LogP contribution in [-0.2, 0) is 12.8 Å². The predicted octanol–water partition coefficient (Wildman–Crippen LogP) is 4.57.